The molecule has 0 aliphatic heterocycles. The second-order valence-electron chi connectivity index (χ2n) is 16.4. The van der Waals surface area contributed by atoms with Crippen LogP contribution in [0, 0.1) is 0 Å². The molecular formula is C46H89O3PS. The summed E-state index contributed by atoms with van der Waals surface area (Å²) in [5.41, 5.74) is 3.93. The second kappa shape index (κ2) is 28.9. The summed E-state index contributed by atoms with van der Waals surface area (Å²) in [5.74, 6) is 0. The molecule has 0 aliphatic carbocycles. The van der Waals surface area contributed by atoms with Crippen molar-refractivity contribution in [1.29, 1.82) is 0 Å². The van der Waals surface area contributed by atoms with Crippen molar-refractivity contribution in [2.45, 2.75) is 240 Å². The van der Waals surface area contributed by atoms with E-state index in [1.807, 2.05) is 6.07 Å². The smallest absolute Gasteiger partial charge is 0.0654 e. The minimum Gasteiger partial charge on any atom is -0.0654 e. The van der Waals surface area contributed by atoms with E-state index in [0.717, 1.165) is 114 Å². The van der Waals surface area contributed by atoms with Gasteiger partial charge in [-0.1, -0.05) is 20.3 Å². The Morgan fingerprint density at radius 2 is 0.745 bits per heavy atom. The fourth-order valence-corrected chi connectivity index (χ4v) is 18.7. The van der Waals surface area contributed by atoms with Crippen LogP contribution in [0.25, 0.3) is 0 Å². The monoisotopic (exact) mass is 753 g/mol. The summed E-state index contributed by atoms with van der Waals surface area (Å²) >= 11 is 0. The number of benzene rings is 1. The first-order valence-corrected chi connectivity index (χ1v) is 27.1. The Morgan fingerprint density at radius 3 is 1.14 bits per heavy atom. The fourth-order valence-electron chi connectivity index (χ4n) is 8.40. The van der Waals surface area contributed by atoms with E-state index in [-0.39, 0.29) is 0 Å². The Balaban J connectivity index is 3.78. The molecule has 0 N–H and O–H groups in total. The molecule has 3 nitrogen and oxygen atoms in total. The minimum atomic E-state index is -3.94. The van der Waals surface area contributed by atoms with E-state index >= 15 is 8.42 Å². The van der Waals surface area contributed by atoms with E-state index < -0.39 is 16.9 Å². The van der Waals surface area contributed by atoms with E-state index in [4.69, 9.17) is 3.97 Å². The van der Waals surface area contributed by atoms with Crippen molar-refractivity contribution in [3.8, 4) is 0 Å². The normalized spacial score (nSPS) is 13.1. The molecule has 0 aliphatic rings. The maximum atomic E-state index is 15.2. The molecule has 0 spiro atoms. The van der Waals surface area contributed by atoms with Gasteiger partial charge in [-0.15, -0.1) is 0 Å². The zero-order chi connectivity index (χ0) is 37.7. The van der Waals surface area contributed by atoms with Crippen molar-refractivity contribution in [1.82, 2.24) is 0 Å². The van der Waals surface area contributed by atoms with Gasteiger partial charge in [0, 0.05) is 0 Å². The van der Waals surface area contributed by atoms with Crippen molar-refractivity contribution < 1.29 is 12.4 Å². The van der Waals surface area contributed by atoms with Crippen molar-refractivity contribution >= 4 is 16.9 Å². The van der Waals surface area contributed by atoms with Gasteiger partial charge in [0.15, 0.2) is 0 Å². The summed E-state index contributed by atoms with van der Waals surface area (Å²) in [5, 5.41) is 0. The SMILES string of the molecule is CCCCCCCCc1ccc(S(=O)(=O)OP(CCCC)(CCCC)(CCCC)CCCC)c(CCCCCCCC)c1CCCCCCCC. The summed E-state index contributed by atoms with van der Waals surface area (Å²) in [7, 11) is -3.94. The van der Waals surface area contributed by atoms with Crippen molar-refractivity contribution in [3.05, 3.63) is 28.8 Å². The topological polar surface area (TPSA) is 43.4 Å². The molecule has 5 heteroatoms. The Labute approximate surface area is 321 Å². The Morgan fingerprint density at radius 1 is 0.412 bits per heavy atom. The Bertz CT molecular complexity index is 1050. The third-order valence-corrected chi connectivity index (χ3v) is 20.9. The van der Waals surface area contributed by atoms with Gasteiger partial charge in [0.25, 0.3) is 0 Å². The zero-order valence-corrected chi connectivity index (χ0v) is 37.3. The van der Waals surface area contributed by atoms with Gasteiger partial charge in [-0.2, -0.15) is 0 Å². The molecule has 0 radical (unpaired) electrons. The van der Waals surface area contributed by atoms with Crippen LogP contribution in [0.4, 0.5) is 0 Å². The van der Waals surface area contributed by atoms with Gasteiger partial charge in [0.1, 0.15) is 0 Å². The van der Waals surface area contributed by atoms with Crippen LogP contribution >= 0.6 is 6.83 Å². The molecule has 0 saturated carbocycles. The first-order chi connectivity index (χ1) is 24.7. The van der Waals surface area contributed by atoms with Gasteiger partial charge >= 0.3 is 302 Å². The van der Waals surface area contributed by atoms with Crippen molar-refractivity contribution in [2.24, 2.45) is 0 Å². The third-order valence-electron chi connectivity index (χ3n) is 11.7. The molecule has 0 saturated heterocycles. The number of rotatable bonds is 36. The predicted octanol–water partition coefficient (Wildman–Crippen LogP) is 15.8. The summed E-state index contributed by atoms with van der Waals surface area (Å²) in [6.45, 7) is 12.8. The van der Waals surface area contributed by atoms with E-state index in [9.17, 15) is 0 Å². The average Bonchev–Trinajstić information content (AvgIpc) is 3.13. The molecule has 0 aromatic heterocycles. The second-order valence-corrected chi connectivity index (χ2v) is 23.9. The molecule has 1 aromatic rings. The molecule has 51 heavy (non-hydrogen) atoms. The van der Waals surface area contributed by atoms with Crippen LogP contribution in [0.5, 0.6) is 0 Å². The van der Waals surface area contributed by atoms with Gasteiger partial charge < -0.3 is 0 Å². The fraction of sp³-hybridized carbons (Fsp3) is 0.870. The van der Waals surface area contributed by atoms with Crippen LogP contribution < -0.4 is 0 Å². The predicted molar refractivity (Wildman–Crippen MR) is 232 cm³/mol. The molecule has 0 fully saturated rings. The Kier molecular flexibility index (Phi) is 27.6. The zero-order valence-electron chi connectivity index (χ0n) is 35.6. The molecule has 0 heterocycles. The van der Waals surface area contributed by atoms with Crippen molar-refractivity contribution in [2.75, 3.05) is 24.6 Å². The van der Waals surface area contributed by atoms with E-state index in [1.54, 1.807) is 0 Å². The van der Waals surface area contributed by atoms with E-state index in [2.05, 4.69) is 54.5 Å². The molecule has 0 unspecified atom stereocenters. The molecule has 1 rings (SSSR count). The van der Waals surface area contributed by atoms with Crippen LogP contribution in [0.15, 0.2) is 17.0 Å². The summed E-state index contributed by atoms with van der Waals surface area (Å²) in [4.78, 5) is 0.540. The number of hydrogen-bond donors (Lipinski definition) is 0. The summed E-state index contributed by atoms with van der Waals surface area (Å²) < 4.78 is 37.6. The van der Waals surface area contributed by atoms with E-state index in [0.29, 0.717) is 4.90 Å². The quantitative estimate of drug-likeness (QED) is 0.0506. The van der Waals surface area contributed by atoms with E-state index in [1.165, 1.54) is 114 Å². The average molecular weight is 753 g/mol. The Hall–Kier alpha value is -0.440. The van der Waals surface area contributed by atoms with Crippen molar-refractivity contribution in [3.63, 3.8) is 0 Å². The van der Waals surface area contributed by atoms with Gasteiger partial charge in [-0.05, 0) is 0 Å². The summed E-state index contributed by atoms with van der Waals surface area (Å²) in [6.07, 6.45) is 38.0. The first-order valence-electron chi connectivity index (χ1n) is 22.8. The standard InChI is InChI=1S/C46H89O3PS/c1-8-15-22-25-28-31-34-43-37-38-46(45(36-33-30-27-24-17-10-3)44(43)35-32-29-26-23-16-9-2)51(47,48)49-50(39-18-11-4,40-19-12-5,41-20-13-6)42-21-14-7/h37-38H,8-36,39-42H2,1-7H3. The van der Waals surface area contributed by atoms with Gasteiger partial charge in [-0.25, -0.2) is 0 Å². The summed E-state index contributed by atoms with van der Waals surface area (Å²) in [6, 6.07) is 4.24. The molecule has 0 atom stereocenters. The van der Waals surface area contributed by atoms with Crippen LogP contribution in [-0.2, 0) is 33.4 Å². The number of hydrogen-bond acceptors (Lipinski definition) is 3. The van der Waals surface area contributed by atoms with Gasteiger partial charge in [-0.3, -0.25) is 0 Å². The van der Waals surface area contributed by atoms with Crippen LogP contribution in [0.3, 0.4) is 0 Å². The molecule has 302 valence electrons. The van der Waals surface area contributed by atoms with Crippen LogP contribution in [0.1, 0.15) is 232 Å². The first kappa shape index (κ1) is 48.6. The third kappa shape index (κ3) is 18.6. The molecule has 1 aromatic carbocycles. The number of unbranched alkanes of at least 4 members (excludes halogenated alkanes) is 19. The number of aryl methyl sites for hydroxylation is 1. The van der Waals surface area contributed by atoms with Gasteiger partial charge in [0.2, 0.25) is 0 Å². The molecule has 0 bridgehead atoms. The van der Waals surface area contributed by atoms with Gasteiger partial charge in [0.05, 0.1) is 0 Å². The molecule has 0 amide bonds. The van der Waals surface area contributed by atoms with Crippen LogP contribution in [0.2, 0.25) is 0 Å². The minimum absolute atomic E-state index is 0.540. The maximum absolute atomic E-state index is 15.2. The van der Waals surface area contributed by atoms with Crippen LogP contribution in [-0.4, -0.2) is 33.1 Å². The molecular weight excluding hydrogens is 664 g/mol.